The monoisotopic (exact) mass is 227 g/mol. The third-order valence-corrected chi connectivity index (χ3v) is 2.54. The zero-order valence-corrected chi connectivity index (χ0v) is 9.53. The Morgan fingerprint density at radius 3 is 2.69 bits per heavy atom. The van der Waals surface area contributed by atoms with Gasteiger partial charge in [0.05, 0.1) is 6.42 Å². The molecule has 1 saturated heterocycles. The van der Waals surface area contributed by atoms with Gasteiger partial charge in [-0.1, -0.05) is 0 Å². The third-order valence-electron chi connectivity index (χ3n) is 2.54. The lowest BCUT2D eigenvalue weighted by molar-refractivity contribution is -0.138. The molecule has 1 rings (SSSR count). The molecule has 1 heterocycles. The van der Waals surface area contributed by atoms with E-state index in [1.54, 1.807) is 0 Å². The van der Waals surface area contributed by atoms with Crippen LogP contribution in [-0.4, -0.2) is 41.8 Å². The van der Waals surface area contributed by atoms with Crippen molar-refractivity contribution in [1.29, 1.82) is 0 Å². The second-order valence-electron chi connectivity index (χ2n) is 4.13. The number of likely N-dealkylation sites (N-methyl/N-ethyl adjacent to an activating group) is 1. The summed E-state index contributed by atoms with van der Waals surface area (Å²) in [6.45, 7) is 1.81. The number of carbonyl (C=O) groups is 3. The first-order valence-corrected chi connectivity index (χ1v) is 5.27. The molecule has 16 heavy (non-hydrogen) atoms. The number of rotatable bonds is 4. The number of nitrogens with zero attached hydrogens (tertiary/aromatic N) is 1. The van der Waals surface area contributed by atoms with Gasteiger partial charge in [-0.05, 0) is 13.3 Å². The van der Waals surface area contributed by atoms with Crippen LogP contribution in [0.25, 0.3) is 0 Å². The molecule has 3 amide bonds. The average molecular weight is 227 g/mol. The zero-order valence-electron chi connectivity index (χ0n) is 9.53. The van der Waals surface area contributed by atoms with E-state index in [0.29, 0.717) is 6.42 Å². The molecule has 90 valence electrons. The van der Waals surface area contributed by atoms with Gasteiger partial charge in [-0.15, -0.1) is 0 Å². The van der Waals surface area contributed by atoms with Crippen molar-refractivity contribution in [2.45, 2.75) is 38.3 Å². The molecule has 3 N–H and O–H groups in total. The Morgan fingerprint density at radius 2 is 2.25 bits per heavy atom. The second kappa shape index (κ2) is 5.07. The first kappa shape index (κ1) is 12.6. The Bertz CT molecular complexity index is 314. The molecule has 0 radical (unpaired) electrons. The van der Waals surface area contributed by atoms with Crippen LogP contribution < -0.4 is 11.1 Å². The van der Waals surface area contributed by atoms with Crippen molar-refractivity contribution in [2.24, 2.45) is 5.73 Å². The molecule has 6 nitrogen and oxygen atoms in total. The van der Waals surface area contributed by atoms with Crippen LogP contribution in [0.3, 0.4) is 0 Å². The van der Waals surface area contributed by atoms with Gasteiger partial charge in [-0.3, -0.25) is 19.3 Å². The summed E-state index contributed by atoms with van der Waals surface area (Å²) in [7, 11) is 1.42. The molecular weight excluding hydrogens is 210 g/mol. The Kier molecular flexibility index (Phi) is 4.00. The van der Waals surface area contributed by atoms with Crippen molar-refractivity contribution >= 4 is 17.7 Å². The number of imide groups is 1. The number of hydrogen-bond donors (Lipinski definition) is 2. The van der Waals surface area contributed by atoms with Crippen LogP contribution in [0.4, 0.5) is 0 Å². The van der Waals surface area contributed by atoms with Gasteiger partial charge in [0.15, 0.2) is 0 Å². The van der Waals surface area contributed by atoms with Gasteiger partial charge in [0.1, 0.15) is 6.04 Å². The number of carbonyl (C=O) groups excluding carboxylic acids is 3. The minimum atomic E-state index is -0.696. The fourth-order valence-corrected chi connectivity index (χ4v) is 1.49. The molecule has 0 aliphatic carbocycles. The lowest BCUT2D eigenvalue weighted by Gasteiger charge is -2.11. The third kappa shape index (κ3) is 3.03. The molecule has 0 bridgehead atoms. The molecule has 6 heteroatoms. The predicted molar refractivity (Wildman–Crippen MR) is 57.2 cm³/mol. The van der Waals surface area contributed by atoms with Gasteiger partial charge in [0.2, 0.25) is 11.8 Å². The van der Waals surface area contributed by atoms with E-state index in [4.69, 9.17) is 5.73 Å². The van der Waals surface area contributed by atoms with E-state index in [1.807, 2.05) is 6.92 Å². The average Bonchev–Trinajstić information content (AvgIpc) is 2.43. The summed E-state index contributed by atoms with van der Waals surface area (Å²) >= 11 is 0. The first-order chi connectivity index (χ1) is 7.41. The lowest BCUT2D eigenvalue weighted by atomic mass is 10.1. The summed E-state index contributed by atoms with van der Waals surface area (Å²) in [4.78, 5) is 35.1. The minimum absolute atomic E-state index is 0.0469. The quantitative estimate of drug-likeness (QED) is 0.602. The number of likely N-dealkylation sites (tertiary alicyclic amines) is 1. The Labute approximate surface area is 94.2 Å². The number of amides is 3. The SMILES string of the molecule is CC(N)CCC(=O)NC1CC(=O)N(C)C1=O. The highest BCUT2D eigenvalue weighted by Crippen LogP contribution is 2.10. The smallest absolute Gasteiger partial charge is 0.252 e. The molecule has 0 spiro atoms. The van der Waals surface area contributed by atoms with E-state index in [9.17, 15) is 14.4 Å². The maximum Gasteiger partial charge on any atom is 0.252 e. The van der Waals surface area contributed by atoms with Crippen LogP contribution in [0.15, 0.2) is 0 Å². The number of nitrogens with two attached hydrogens (primary N) is 1. The zero-order chi connectivity index (χ0) is 12.3. The largest absolute Gasteiger partial charge is 0.344 e. The van der Waals surface area contributed by atoms with Gasteiger partial charge >= 0.3 is 0 Å². The first-order valence-electron chi connectivity index (χ1n) is 5.27. The molecule has 0 saturated carbocycles. The van der Waals surface area contributed by atoms with E-state index in [1.165, 1.54) is 7.05 Å². The maximum atomic E-state index is 11.5. The van der Waals surface area contributed by atoms with Crippen LogP contribution in [-0.2, 0) is 14.4 Å². The van der Waals surface area contributed by atoms with Crippen molar-refractivity contribution < 1.29 is 14.4 Å². The van der Waals surface area contributed by atoms with Crippen LogP contribution in [0.2, 0.25) is 0 Å². The van der Waals surface area contributed by atoms with E-state index < -0.39 is 6.04 Å². The lowest BCUT2D eigenvalue weighted by Crippen LogP contribution is -2.40. The van der Waals surface area contributed by atoms with Crippen LogP contribution in [0.5, 0.6) is 0 Å². The fraction of sp³-hybridized carbons (Fsp3) is 0.700. The van der Waals surface area contributed by atoms with E-state index in [-0.39, 0.29) is 36.6 Å². The summed E-state index contributed by atoms with van der Waals surface area (Å²) in [6, 6.07) is -0.743. The highest BCUT2D eigenvalue weighted by Gasteiger charge is 2.36. The van der Waals surface area contributed by atoms with Gasteiger partial charge in [-0.2, -0.15) is 0 Å². The number of nitrogens with one attached hydrogen (secondary N) is 1. The van der Waals surface area contributed by atoms with Crippen LogP contribution in [0, 0.1) is 0 Å². The van der Waals surface area contributed by atoms with Crippen molar-refractivity contribution in [3.05, 3.63) is 0 Å². The highest BCUT2D eigenvalue weighted by atomic mass is 16.2. The van der Waals surface area contributed by atoms with Crippen molar-refractivity contribution in [2.75, 3.05) is 7.05 Å². The standard InChI is InChI=1S/C10H17N3O3/c1-6(11)3-4-8(14)12-7-5-9(15)13(2)10(7)16/h6-7H,3-5,11H2,1-2H3,(H,12,14). The minimum Gasteiger partial charge on any atom is -0.344 e. The van der Waals surface area contributed by atoms with Gasteiger partial charge in [0.25, 0.3) is 5.91 Å². The summed E-state index contributed by atoms with van der Waals surface area (Å²) in [5.41, 5.74) is 5.51. The van der Waals surface area contributed by atoms with Crippen molar-refractivity contribution in [1.82, 2.24) is 10.2 Å². The molecular formula is C10H17N3O3. The molecule has 1 aliphatic rings. The van der Waals surface area contributed by atoms with Gasteiger partial charge < -0.3 is 11.1 Å². The van der Waals surface area contributed by atoms with Crippen LogP contribution in [0.1, 0.15) is 26.2 Å². The molecule has 0 aromatic carbocycles. The fourth-order valence-electron chi connectivity index (χ4n) is 1.49. The normalized spacial score (nSPS) is 22.4. The van der Waals surface area contributed by atoms with E-state index in [2.05, 4.69) is 5.32 Å². The summed E-state index contributed by atoms with van der Waals surface area (Å²) in [5, 5.41) is 2.54. The second-order valence-corrected chi connectivity index (χ2v) is 4.13. The molecule has 0 aromatic heterocycles. The Balaban J connectivity index is 2.41. The number of hydrogen-bond acceptors (Lipinski definition) is 4. The molecule has 0 aromatic rings. The summed E-state index contributed by atoms with van der Waals surface area (Å²) in [5.74, 6) is -0.847. The summed E-state index contributed by atoms with van der Waals surface area (Å²) < 4.78 is 0. The Hall–Kier alpha value is -1.43. The summed E-state index contributed by atoms with van der Waals surface area (Å²) in [6.07, 6.45) is 0.898. The Morgan fingerprint density at radius 1 is 1.62 bits per heavy atom. The molecule has 2 atom stereocenters. The molecule has 2 unspecified atom stereocenters. The van der Waals surface area contributed by atoms with Gasteiger partial charge in [0, 0.05) is 19.5 Å². The predicted octanol–water partition coefficient (Wildman–Crippen LogP) is -1.01. The van der Waals surface area contributed by atoms with Crippen molar-refractivity contribution in [3.8, 4) is 0 Å². The van der Waals surface area contributed by atoms with Gasteiger partial charge in [-0.25, -0.2) is 0 Å². The van der Waals surface area contributed by atoms with E-state index in [0.717, 1.165) is 4.90 Å². The highest BCUT2D eigenvalue weighted by molar-refractivity contribution is 6.06. The van der Waals surface area contributed by atoms with E-state index >= 15 is 0 Å². The van der Waals surface area contributed by atoms with Crippen molar-refractivity contribution in [3.63, 3.8) is 0 Å². The maximum absolute atomic E-state index is 11.5. The molecule has 1 fully saturated rings. The molecule has 1 aliphatic heterocycles. The topological polar surface area (TPSA) is 92.5 Å². The van der Waals surface area contributed by atoms with Crippen LogP contribution >= 0.6 is 0 Å².